The van der Waals surface area contributed by atoms with Gasteiger partial charge in [0.25, 0.3) is 0 Å². The van der Waals surface area contributed by atoms with Crippen LogP contribution in [0.2, 0.25) is 0 Å². The number of hydrogen-bond acceptors (Lipinski definition) is 6. The Morgan fingerprint density at radius 1 is 1.04 bits per heavy atom. The fourth-order valence-electron chi connectivity index (χ4n) is 4.45. The summed E-state index contributed by atoms with van der Waals surface area (Å²) in [6.45, 7) is 6.27. The molecule has 146 valence electrons. The Morgan fingerprint density at radius 2 is 1.93 bits per heavy atom. The predicted molar refractivity (Wildman–Crippen MR) is 112 cm³/mol. The number of fused-ring (bicyclic) bond motifs is 2. The molecule has 0 radical (unpaired) electrons. The van der Waals surface area contributed by atoms with Crippen LogP contribution in [0.3, 0.4) is 0 Å². The Hall–Kier alpha value is -2.25. The first-order chi connectivity index (χ1) is 13.8. The van der Waals surface area contributed by atoms with E-state index in [2.05, 4.69) is 42.0 Å². The molecule has 1 aliphatic heterocycles. The molecule has 1 fully saturated rings. The number of piperazine rings is 1. The van der Waals surface area contributed by atoms with E-state index in [1.54, 1.807) is 17.7 Å². The third kappa shape index (κ3) is 3.33. The molecule has 6 nitrogen and oxygen atoms in total. The summed E-state index contributed by atoms with van der Waals surface area (Å²) in [6, 6.07) is 4.08. The maximum Gasteiger partial charge on any atom is 0.164 e. The molecular weight excluding hydrogens is 370 g/mol. The zero-order valence-corrected chi connectivity index (χ0v) is 16.8. The molecule has 0 aromatic carbocycles. The minimum absolute atomic E-state index is 0.320. The van der Waals surface area contributed by atoms with Crippen LogP contribution in [0.25, 0.3) is 10.2 Å². The number of hydrogen-bond donors (Lipinski definition) is 0. The van der Waals surface area contributed by atoms with Gasteiger partial charge in [0.05, 0.1) is 10.2 Å². The van der Waals surface area contributed by atoms with Crippen molar-refractivity contribution < 1.29 is 4.79 Å². The van der Waals surface area contributed by atoms with Crippen molar-refractivity contribution in [2.45, 2.75) is 32.2 Å². The van der Waals surface area contributed by atoms with Gasteiger partial charge in [-0.3, -0.25) is 9.69 Å². The van der Waals surface area contributed by atoms with Gasteiger partial charge in [-0.25, -0.2) is 9.97 Å². The first-order valence-corrected chi connectivity index (χ1v) is 11.0. The van der Waals surface area contributed by atoms with Crippen LogP contribution in [0.1, 0.15) is 35.3 Å². The SMILES string of the molecule is O=C1CCCc2c1ccn2CCCN1CCN(c2ncnc3ccsc23)CC1. The van der Waals surface area contributed by atoms with Gasteiger partial charge in [0.2, 0.25) is 0 Å². The summed E-state index contributed by atoms with van der Waals surface area (Å²) >= 11 is 1.73. The third-order valence-corrected chi connectivity index (χ3v) is 6.87. The lowest BCUT2D eigenvalue weighted by Crippen LogP contribution is -2.47. The van der Waals surface area contributed by atoms with E-state index in [1.807, 2.05) is 6.07 Å². The number of carbonyl (C=O) groups is 1. The normalized spacial score (nSPS) is 18.0. The van der Waals surface area contributed by atoms with E-state index in [4.69, 9.17) is 0 Å². The van der Waals surface area contributed by atoms with Gasteiger partial charge in [-0.05, 0) is 43.3 Å². The highest BCUT2D eigenvalue weighted by Gasteiger charge is 2.22. The number of aryl methyl sites for hydroxylation is 1. The van der Waals surface area contributed by atoms with Gasteiger partial charge >= 0.3 is 0 Å². The Morgan fingerprint density at radius 3 is 2.82 bits per heavy atom. The van der Waals surface area contributed by atoms with Crippen molar-refractivity contribution in [2.75, 3.05) is 37.6 Å². The molecule has 0 unspecified atom stereocenters. The van der Waals surface area contributed by atoms with Crippen LogP contribution in [0.4, 0.5) is 5.82 Å². The fourth-order valence-corrected chi connectivity index (χ4v) is 5.31. The molecule has 0 saturated carbocycles. The van der Waals surface area contributed by atoms with E-state index in [-0.39, 0.29) is 0 Å². The van der Waals surface area contributed by atoms with Gasteiger partial charge in [0.1, 0.15) is 12.1 Å². The van der Waals surface area contributed by atoms with Crippen LogP contribution in [-0.4, -0.2) is 57.9 Å². The van der Waals surface area contributed by atoms with Crippen LogP contribution in [0.15, 0.2) is 30.0 Å². The zero-order chi connectivity index (χ0) is 18.9. The van der Waals surface area contributed by atoms with Gasteiger partial charge in [0, 0.05) is 56.6 Å². The number of nitrogens with zero attached hydrogens (tertiary/aromatic N) is 5. The molecule has 0 bridgehead atoms. The van der Waals surface area contributed by atoms with Crippen LogP contribution in [-0.2, 0) is 13.0 Å². The number of Topliss-reactive ketones (excluding diaryl/α,β-unsaturated/α-hetero) is 1. The Bertz CT molecular complexity index is 986. The number of thiophene rings is 1. The summed E-state index contributed by atoms with van der Waals surface area (Å²) in [4.78, 5) is 25.8. The second kappa shape index (κ2) is 7.64. The quantitative estimate of drug-likeness (QED) is 0.664. The average molecular weight is 396 g/mol. The van der Waals surface area contributed by atoms with Crippen LogP contribution in [0.5, 0.6) is 0 Å². The molecule has 0 atom stereocenters. The largest absolute Gasteiger partial charge is 0.353 e. The van der Waals surface area contributed by atoms with Crippen LogP contribution >= 0.6 is 11.3 Å². The minimum Gasteiger partial charge on any atom is -0.353 e. The van der Waals surface area contributed by atoms with Gasteiger partial charge in [0.15, 0.2) is 5.78 Å². The molecule has 28 heavy (non-hydrogen) atoms. The van der Waals surface area contributed by atoms with Gasteiger partial charge < -0.3 is 9.47 Å². The second-order valence-electron chi connectivity index (χ2n) is 7.66. The first kappa shape index (κ1) is 17.8. The van der Waals surface area contributed by atoms with Crippen molar-refractivity contribution in [3.05, 3.63) is 41.3 Å². The van der Waals surface area contributed by atoms with E-state index >= 15 is 0 Å². The Balaban J connectivity index is 1.14. The molecule has 1 saturated heterocycles. The topological polar surface area (TPSA) is 54.3 Å². The van der Waals surface area contributed by atoms with Crippen molar-refractivity contribution >= 4 is 33.2 Å². The van der Waals surface area contributed by atoms with E-state index in [0.717, 1.165) is 75.4 Å². The van der Waals surface area contributed by atoms with E-state index in [0.29, 0.717) is 12.2 Å². The molecule has 4 heterocycles. The molecule has 3 aromatic heterocycles. The molecule has 5 rings (SSSR count). The van der Waals surface area contributed by atoms with Crippen molar-refractivity contribution in [3.63, 3.8) is 0 Å². The van der Waals surface area contributed by atoms with Gasteiger partial charge in [-0.15, -0.1) is 11.3 Å². The molecule has 3 aromatic rings. The molecule has 0 amide bonds. The lowest BCUT2D eigenvalue weighted by atomic mass is 9.97. The number of anilines is 1. The molecule has 0 N–H and O–H groups in total. The molecule has 0 spiro atoms. The van der Waals surface area contributed by atoms with Crippen molar-refractivity contribution in [1.29, 1.82) is 0 Å². The van der Waals surface area contributed by atoms with Crippen molar-refractivity contribution in [3.8, 4) is 0 Å². The standard InChI is InChI=1S/C21H25N5OS/c27-19-4-1-3-18-16(19)5-9-25(18)8-2-7-24-10-12-26(13-11-24)21-20-17(6-14-28-20)22-15-23-21/h5-6,9,14-15H,1-4,7-8,10-13H2. The maximum absolute atomic E-state index is 12.0. The lowest BCUT2D eigenvalue weighted by Gasteiger charge is -2.35. The van der Waals surface area contributed by atoms with Gasteiger partial charge in [-0.1, -0.05) is 0 Å². The van der Waals surface area contributed by atoms with E-state index < -0.39 is 0 Å². The predicted octanol–water partition coefficient (Wildman–Crippen LogP) is 3.22. The highest BCUT2D eigenvalue weighted by Crippen LogP contribution is 2.28. The maximum atomic E-state index is 12.0. The molecule has 2 aliphatic rings. The summed E-state index contributed by atoms with van der Waals surface area (Å²) in [6.07, 6.45) is 7.66. The first-order valence-electron chi connectivity index (χ1n) is 10.2. The Labute approximate surface area is 168 Å². The number of carbonyl (C=O) groups excluding carboxylic acids is 1. The summed E-state index contributed by atoms with van der Waals surface area (Å²) in [5.41, 5.74) is 3.26. The third-order valence-electron chi connectivity index (χ3n) is 5.97. The molecule has 7 heteroatoms. The smallest absolute Gasteiger partial charge is 0.164 e. The summed E-state index contributed by atoms with van der Waals surface area (Å²) in [5.74, 6) is 1.41. The second-order valence-corrected chi connectivity index (χ2v) is 8.58. The zero-order valence-electron chi connectivity index (χ0n) is 16.0. The summed E-state index contributed by atoms with van der Waals surface area (Å²) in [5, 5.41) is 2.09. The lowest BCUT2D eigenvalue weighted by molar-refractivity contribution is 0.0971. The van der Waals surface area contributed by atoms with Crippen molar-refractivity contribution in [2.24, 2.45) is 0 Å². The van der Waals surface area contributed by atoms with Crippen LogP contribution < -0.4 is 4.90 Å². The van der Waals surface area contributed by atoms with E-state index in [9.17, 15) is 4.79 Å². The van der Waals surface area contributed by atoms with E-state index in [1.165, 1.54) is 10.4 Å². The van der Waals surface area contributed by atoms with Crippen LogP contribution in [0, 0.1) is 0 Å². The fraction of sp³-hybridized carbons (Fsp3) is 0.476. The highest BCUT2D eigenvalue weighted by atomic mass is 32.1. The average Bonchev–Trinajstić information content (AvgIpc) is 3.36. The number of rotatable bonds is 5. The Kier molecular flexibility index (Phi) is 4.86. The summed E-state index contributed by atoms with van der Waals surface area (Å²) < 4.78 is 3.50. The number of ketones is 1. The highest BCUT2D eigenvalue weighted by molar-refractivity contribution is 7.17. The monoisotopic (exact) mass is 395 g/mol. The van der Waals surface area contributed by atoms with Gasteiger partial charge in [-0.2, -0.15) is 0 Å². The molecular formula is C21H25N5OS. The molecule has 1 aliphatic carbocycles. The summed E-state index contributed by atoms with van der Waals surface area (Å²) in [7, 11) is 0. The minimum atomic E-state index is 0.320. The van der Waals surface area contributed by atoms with Crippen molar-refractivity contribution in [1.82, 2.24) is 19.4 Å². The number of aromatic nitrogens is 3.